The van der Waals surface area contributed by atoms with Gasteiger partial charge in [0.15, 0.2) is 22.4 Å². The van der Waals surface area contributed by atoms with E-state index in [1.807, 2.05) is 30.3 Å². The van der Waals surface area contributed by atoms with Crippen LogP contribution in [0.5, 0.6) is 5.75 Å². The second kappa shape index (κ2) is 14.2. The molecule has 0 aliphatic rings. The topological polar surface area (TPSA) is 124 Å². The maximum absolute atomic E-state index is 14.1. The molecule has 3 rings (SSSR count). The number of esters is 1. The molecule has 216 valence electrons. The molecule has 0 spiro atoms. The van der Waals surface area contributed by atoms with Crippen molar-refractivity contribution >= 4 is 34.9 Å². The number of ether oxygens (including phenoxy) is 2. The van der Waals surface area contributed by atoms with E-state index in [4.69, 9.17) is 9.47 Å². The van der Waals surface area contributed by atoms with Crippen molar-refractivity contribution in [3.05, 3.63) is 83.3 Å². The molecule has 0 aliphatic carbocycles. The molecule has 0 radical (unpaired) electrons. The van der Waals surface area contributed by atoms with Crippen molar-refractivity contribution in [2.75, 3.05) is 13.2 Å². The molecule has 0 fully saturated rings. The van der Waals surface area contributed by atoms with Crippen molar-refractivity contribution < 1.29 is 41.8 Å². The van der Waals surface area contributed by atoms with E-state index in [0.717, 1.165) is 28.7 Å². The third-order valence-electron chi connectivity index (χ3n) is 5.66. The summed E-state index contributed by atoms with van der Waals surface area (Å²) in [5, 5.41) is 4.90. The summed E-state index contributed by atoms with van der Waals surface area (Å²) in [7, 11) is 0. The monoisotopic (exact) mass is 589 g/mol. The summed E-state index contributed by atoms with van der Waals surface area (Å²) < 4.78 is 51.5. The van der Waals surface area contributed by atoms with Crippen LogP contribution in [0.25, 0.3) is 10.4 Å². The maximum Gasteiger partial charge on any atom is 0.308 e. The number of thiazole rings is 1. The summed E-state index contributed by atoms with van der Waals surface area (Å²) in [6.45, 7) is 4.77. The van der Waals surface area contributed by atoms with Crippen LogP contribution in [0, 0.1) is 24.4 Å². The Morgan fingerprint density at radius 2 is 1.80 bits per heavy atom. The molecule has 41 heavy (non-hydrogen) atoms. The Kier molecular flexibility index (Phi) is 10.8. The average molecular weight is 590 g/mol. The first-order valence-corrected chi connectivity index (χ1v) is 13.0. The standard InChI is InChI=1S/C28H26F3N3O6S/c1-4-10-39-23(36)12-20(21(35)14-40-25-15(2)18(29)11-19(30)24(25)31)34-26(37)16(3)33-27(38)28-32-13-22(41-28)17-8-6-5-7-9-17/h4-9,11,13,16,20H,1,10,12,14H2,2-3H3,(H,33,38)(H,34,37)/t16-,20-/m0/s1. The number of aromatic nitrogens is 1. The van der Waals surface area contributed by atoms with Gasteiger partial charge in [-0.05, 0) is 19.4 Å². The van der Waals surface area contributed by atoms with Gasteiger partial charge in [0, 0.05) is 17.8 Å². The largest absolute Gasteiger partial charge is 0.482 e. The minimum absolute atomic E-state index is 0.0947. The molecule has 0 aliphatic heterocycles. The van der Waals surface area contributed by atoms with Crippen LogP contribution in [-0.4, -0.2) is 53.8 Å². The Bertz CT molecular complexity index is 1420. The van der Waals surface area contributed by atoms with Crippen molar-refractivity contribution in [2.45, 2.75) is 32.4 Å². The first kappa shape index (κ1) is 31.0. The molecule has 0 saturated heterocycles. The number of nitrogens with one attached hydrogen (secondary N) is 2. The highest BCUT2D eigenvalue weighted by Gasteiger charge is 2.29. The number of carbonyl (C=O) groups excluding carboxylic acids is 4. The Labute approximate surface area is 237 Å². The van der Waals surface area contributed by atoms with E-state index >= 15 is 0 Å². The molecule has 13 heteroatoms. The van der Waals surface area contributed by atoms with E-state index in [1.165, 1.54) is 19.2 Å². The minimum Gasteiger partial charge on any atom is -0.482 e. The molecular weight excluding hydrogens is 563 g/mol. The number of amides is 2. The number of ketones is 1. The van der Waals surface area contributed by atoms with Gasteiger partial charge < -0.3 is 20.1 Å². The zero-order chi connectivity index (χ0) is 30.1. The van der Waals surface area contributed by atoms with Gasteiger partial charge in [0.05, 0.1) is 11.3 Å². The summed E-state index contributed by atoms with van der Waals surface area (Å²) in [6.07, 6.45) is 2.17. The van der Waals surface area contributed by atoms with Gasteiger partial charge >= 0.3 is 5.97 Å². The number of nitrogens with zero attached hydrogens (tertiary/aromatic N) is 1. The molecule has 0 unspecified atom stereocenters. The van der Waals surface area contributed by atoms with Gasteiger partial charge in [-0.3, -0.25) is 19.2 Å². The lowest BCUT2D eigenvalue weighted by Gasteiger charge is -2.20. The molecule has 9 nitrogen and oxygen atoms in total. The first-order valence-electron chi connectivity index (χ1n) is 12.2. The molecule has 1 aromatic heterocycles. The van der Waals surface area contributed by atoms with Crippen LogP contribution in [0.4, 0.5) is 13.2 Å². The van der Waals surface area contributed by atoms with Crippen LogP contribution in [0.2, 0.25) is 0 Å². The quantitative estimate of drug-likeness (QED) is 0.176. The predicted molar refractivity (Wildman–Crippen MR) is 144 cm³/mol. The fraction of sp³-hybridized carbons (Fsp3) is 0.250. The van der Waals surface area contributed by atoms with Crippen LogP contribution in [0.3, 0.4) is 0 Å². The summed E-state index contributed by atoms with van der Waals surface area (Å²) >= 11 is 1.11. The third-order valence-corrected chi connectivity index (χ3v) is 6.70. The molecule has 3 aromatic rings. The highest BCUT2D eigenvalue weighted by molar-refractivity contribution is 7.17. The summed E-state index contributed by atoms with van der Waals surface area (Å²) in [4.78, 5) is 55.4. The van der Waals surface area contributed by atoms with Crippen molar-refractivity contribution in [3.63, 3.8) is 0 Å². The van der Waals surface area contributed by atoms with E-state index in [0.29, 0.717) is 6.07 Å². The SMILES string of the molecule is C=CCOC(=O)C[C@H](NC(=O)[C@H](C)NC(=O)c1ncc(-c2ccccc2)s1)C(=O)COc1c(C)c(F)cc(F)c1F. The highest BCUT2D eigenvalue weighted by atomic mass is 32.1. The van der Waals surface area contributed by atoms with Gasteiger partial charge in [0.1, 0.15) is 31.1 Å². The first-order chi connectivity index (χ1) is 19.5. The van der Waals surface area contributed by atoms with Crippen LogP contribution >= 0.6 is 11.3 Å². The molecule has 2 atom stereocenters. The molecule has 2 amide bonds. The van der Waals surface area contributed by atoms with Gasteiger partial charge in [-0.2, -0.15) is 4.39 Å². The van der Waals surface area contributed by atoms with Crippen LogP contribution in [-0.2, 0) is 19.1 Å². The molecule has 0 saturated carbocycles. The normalized spacial score (nSPS) is 12.1. The van der Waals surface area contributed by atoms with Gasteiger partial charge in [-0.1, -0.05) is 43.0 Å². The molecular formula is C28H26F3N3O6S. The number of hydrogen-bond donors (Lipinski definition) is 2. The number of Topliss-reactive ketones (excluding diaryl/α,β-unsaturated/α-hetero) is 1. The number of halogens is 3. The average Bonchev–Trinajstić information content (AvgIpc) is 3.45. The summed E-state index contributed by atoms with van der Waals surface area (Å²) in [5.41, 5.74) is 0.481. The van der Waals surface area contributed by atoms with Gasteiger partial charge in [-0.15, -0.1) is 11.3 Å². The van der Waals surface area contributed by atoms with Crippen molar-refractivity contribution in [2.24, 2.45) is 0 Å². The predicted octanol–water partition coefficient (Wildman–Crippen LogP) is 3.91. The Hall–Kier alpha value is -4.52. The highest BCUT2D eigenvalue weighted by Crippen LogP contribution is 2.27. The Morgan fingerprint density at radius 3 is 2.49 bits per heavy atom. The molecule has 1 heterocycles. The maximum atomic E-state index is 14.1. The van der Waals surface area contributed by atoms with Crippen molar-refractivity contribution in [1.29, 1.82) is 0 Å². The second-order valence-electron chi connectivity index (χ2n) is 8.69. The van der Waals surface area contributed by atoms with Crippen LogP contribution < -0.4 is 15.4 Å². The van der Waals surface area contributed by atoms with E-state index in [1.54, 1.807) is 0 Å². The van der Waals surface area contributed by atoms with E-state index < -0.39 is 71.9 Å². The Balaban J connectivity index is 1.68. The number of carbonyl (C=O) groups is 4. The molecule has 2 aromatic carbocycles. The Morgan fingerprint density at radius 1 is 1.10 bits per heavy atom. The summed E-state index contributed by atoms with van der Waals surface area (Å²) in [5.74, 6) is -8.23. The fourth-order valence-corrected chi connectivity index (χ4v) is 4.26. The lowest BCUT2D eigenvalue weighted by Crippen LogP contribution is -2.51. The van der Waals surface area contributed by atoms with Crippen LogP contribution in [0.1, 0.15) is 28.7 Å². The molecule has 0 bridgehead atoms. The smallest absolute Gasteiger partial charge is 0.308 e. The minimum atomic E-state index is -1.54. The third kappa shape index (κ3) is 8.24. The van der Waals surface area contributed by atoms with Gasteiger partial charge in [-0.25, -0.2) is 13.8 Å². The lowest BCUT2D eigenvalue weighted by molar-refractivity contribution is -0.145. The number of hydrogen-bond acceptors (Lipinski definition) is 8. The zero-order valence-electron chi connectivity index (χ0n) is 22.0. The van der Waals surface area contributed by atoms with E-state index in [2.05, 4.69) is 22.2 Å². The van der Waals surface area contributed by atoms with Gasteiger partial charge in [0.2, 0.25) is 11.7 Å². The van der Waals surface area contributed by atoms with E-state index in [-0.39, 0.29) is 17.2 Å². The summed E-state index contributed by atoms with van der Waals surface area (Å²) in [6, 6.07) is 6.86. The van der Waals surface area contributed by atoms with Crippen LogP contribution in [0.15, 0.2) is 55.3 Å². The second-order valence-corrected chi connectivity index (χ2v) is 9.72. The van der Waals surface area contributed by atoms with Crippen molar-refractivity contribution in [3.8, 4) is 16.2 Å². The molecule has 2 N–H and O–H groups in total. The van der Waals surface area contributed by atoms with Gasteiger partial charge in [0.25, 0.3) is 5.91 Å². The zero-order valence-corrected chi connectivity index (χ0v) is 22.9. The van der Waals surface area contributed by atoms with E-state index in [9.17, 15) is 32.3 Å². The number of benzene rings is 2. The van der Waals surface area contributed by atoms with Crippen molar-refractivity contribution in [1.82, 2.24) is 15.6 Å². The lowest BCUT2D eigenvalue weighted by atomic mass is 10.1. The number of rotatable bonds is 13. The fourth-order valence-electron chi connectivity index (χ4n) is 3.44.